The van der Waals surface area contributed by atoms with E-state index in [9.17, 15) is 0 Å². The van der Waals surface area contributed by atoms with Crippen LogP contribution in [0.5, 0.6) is 0 Å². The Bertz CT molecular complexity index is 987. The van der Waals surface area contributed by atoms with Crippen LogP contribution in [0.15, 0.2) is 121 Å². The van der Waals surface area contributed by atoms with Crippen LogP contribution in [0.4, 0.5) is 0 Å². The van der Waals surface area contributed by atoms with Gasteiger partial charge in [0.05, 0.1) is 0 Å². The maximum Gasteiger partial charge on any atom is -0.00240 e. The van der Waals surface area contributed by atoms with E-state index in [4.69, 9.17) is 0 Å². The van der Waals surface area contributed by atoms with E-state index in [0.717, 1.165) is 23.2 Å². The second-order valence-electron chi connectivity index (χ2n) is 9.40. The minimum absolute atomic E-state index is 0.403. The molecule has 164 valence electrons. The van der Waals surface area contributed by atoms with Crippen LogP contribution in [0.25, 0.3) is 0 Å². The van der Waals surface area contributed by atoms with Crippen molar-refractivity contribution >= 4 is 37.1 Å². The van der Waals surface area contributed by atoms with Gasteiger partial charge in [0, 0.05) is 0 Å². The molecule has 0 saturated heterocycles. The van der Waals surface area contributed by atoms with Crippen LogP contribution >= 0.6 is 15.8 Å². The topological polar surface area (TPSA) is 0 Å². The molecule has 0 aromatic heterocycles. The van der Waals surface area contributed by atoms with Crippen molar-refractivity contribution in [3.63, 3.8) is 0 Å². The van der Waals surface area contributed by atoms with E-state index in [2.05, 4.69) is 121 Å². The van der Waals surface area contributed by atoms with Crippen molar-refractivity contribution < 1.29 is 0 Å². The lowest BCUT2D eigenvalue weighted by molar-refractivity contribution is 0.498. The quantitative estimate of drug-likeness (QED) is 0.289. The molecule has 0 radical (unpaired) electrons. The van der Waals surface area contributed by atoms with Gasteiger partial charge >= 0.3 is 0 Å². The summed E-state index contributed by atoms with van der Waals surface area (Å²) in [4.78, 5) is 0. The van der Waals surface area contributed by atoms with Gasteiger partial charge in [0.1, 0.15) is 0 Å². The van der Waals surface area contributed by atoms with Crippen molar-refractivity contribution in [2.75, 3.05) is 0 Å². The minimum atomic E-state index is -0.403. The third-order valence-electron chi connectivity index (χ3n) is 7.56. The van der Waals surface area contributed by atoms with Gasteiger partial charge in [-0.2, -0.15) is 0 Å². The summed E-state index contributed by atoms with van der Waals surface area (Å²) in [6.45, 7) is 0. The standard InChI is InChI=1S/C31H30P2/c1-5-13-26(14-6-1)32(27-15-7-2-8-16-27)30-24-21-22-25(23-24)31(30)33(28-17-9-3-10-18-28)29-19-11-4-12-20-29/h1-20,24-25,30-31H,21-23H2/t24-,25-,30-,31-/m0/s1. The number of fused-ring (bicyclic) bond motifs is 2. The summed E-state index contributed by atoms with van der Waals surface area (Å²) >= 11 is 0. The fourth-order valence-corrected chi connectivity index (χ4v) is 13.5. The number of hydrogen-bond donors (Lipinski definition) is 0. The third kappa shape index (κ3) is 4.10. The molecule has 0 heterocycles. The fraction of sp³-hybridized carbons (Fsp3) is 0.226. The van der Waals surface area contributed by atoms with E-state index in [1.165, 1.54) is 19.3 Å². The van der Waals surface area contributed by atoms with Crippen LogP contribution in [-0.4, -0.2) is 11.3 Å². The summed E-state index contributed by atoms with van der Waals surface area (Å²) in [5.74, 6) is 1.70. The molecule has 2 aliphatic rings. The first kappa shape index (κ1) is 21.3. The first-order valence-electron chi connectivity index (χ1n) is 12.2. The van der Waals surface area contributed by atoms with Crippen LogP contribution in [0, 0.1) is 11.8 Å². The van der Waals surface area contributed by atoms with E-state index in [1.807, 2.05) is 0 Å². The third-order valence-corrected chi connectivity index (χ3v) is 13.9. The minimum Gasteiger partial charge on any atom is -0.0622 e. The second kappa shape index (κ2) is 9.54. The lowest BCUT2D eigenvalue weighted by atomic mass is 9.99. The first-order valence-corrected chi connectivity index (χ1v) is 15.0. The predicted octanol–water partition coefficient (Wildman–Crippen LogP) is 6.42. The van der Waals surface area contributed by atoms with E-state index < -0.39 is 15.8 Å². The summed E-state index contributed by atoms with van der Waals surface area (Å²) in [6, 6.07) is 45.8. The largest absolute Gasteiger partial charge is 0.0622 e. The highest BCUT2D eigenvalue weighted by Gasteiger charge is 2.54. The zero-order valence-electron chi connectivity index (χ0n) is 18.9. The van der Waals surface area contributed by atoms with Crippen LogP contribution in [-0.2, 0) is 0 Å². The molecule has 2 saturated carbocycles. The molecule has 0 aliphatic heterocycles. The molecule has 2 heteroatoms. The number of benzene rings is 4. The molecular weight excluding hydrogens is 434 g/mol. The van der Waals surface area contributed by atoms with Gasteiger partial charge in [0.25, 0.3) is 0 Å². The summed E-state index contributed by atoms with van der Waals surface area (Å²) in [5, 5.41) is 6.21. The maximum atomic E-state index is 2.40. The van der Waals surface area contributed by atoms with Crippen molar-refractivity contribution in [1.29, 1.82) is 0 Å². The van der Waals surface area contributed by atoms with Crippen molar-refractivity contribution in [2.24, 2.45) is 11.8 Å². The molecule has 33 heavy (non-hydrogen) atoms. The van der Waals surface area contributed by atoms with Crippen LogP contribution < -0.4 is 21.2 Å². The Balaban J connectivity index is 1.51. The Kier molecular flexibility index (Phi) is 6.15. The first-order chi connectivity index (χ1) is 16.4. The molecule has 2 fully saturated rings. The van der Waals surface area contributed by atoms with Crippen LogP contribution in [0.1, 0.15) is 19.3 Å². The zero-order valence-corrected chi connectivity index (χ0v) is 20.7. The summed E-state index contributed by atoms with van der Waals surface area (Å²) in [5.41, 5.74) is 1.49. The number of hydrogen-bond acceptors (Lipinski definition) is 0. The molecule has 2 bridgehead atoms. The fourth-order valence-electron chi connectivity index (χ4n) is 6.30. The smallest absolute Gasteiger partial charge is 0.00240 e. The molecular formula is C31H30P2. The predicted molar refractivity (Wildman–Crippen MR) is 147 cm³/mol. The average molecular weight is 465 g/mol. The van der Waals surface area contributed by atoms with Crippen LogP contribution in [0.3, 0.4) is 0 Å². The Morgan fingerprint density at radius 3 is 0.939 bits per heavy atom. The van der Waals surface area contributed by atoms with Crippen LogP contribution in [0.2, 0.25) is 0 Å². The van der Waals surface area contributed by atoms with Gasteiger partial charge in [0.2, 0.25) is 0 Å². The lowest BCUT2D eigenvalue weighted by Crippen LogP contribution is -2.39. The Hall–Kier alpha value is -2.26. The molecule has 4 aromatic carbocycles. The molecule has 0 amide bonds. The molecule has 0 unspecified atom stereocenters. The van der Waals surface area contributed by atoms with Crippen molar-refractivity contribution in [3.8, 4) is 0 Å². The summed E-state index contributed by atoms with van der Waals surface area (Å²) in [6.07, 6.45) is 4.25. The molecule has 0 nitrogen and oxygen atoms in total. The van der Waals surface area contributed by atoms with Gasteiger partial charge in [-0.3, -0.25) is 0 Å². The van der Waals surface area contributed by atoms with E-state index in [1.54, 1.807) is 21.2 Å². The Labute approximate surface area is 200 Å². The molecule has 4 aromatic rings. The molecule has 6 rings (SSSR count). The van der Waals surface area contributed by atoms with Gasteiger partial charge in [-0.1, -0.05) is 121 Å². The van der Waals surface area contributed by atoms with Gasteiger partial charge < -0.3 is 0 Å². The molecule has 2 aliphatic carbocycles. The van der Waals surface area contributed by atoms with Gasteiger partial charge in [-0.05, 0) is 79.5 Å². The highest BCUT2D eigenvalue weighted by atomic mass is 31.1. The lowest BCUT2D eigenvalue weighted by Gasteiger charge is -2.42. The molecule has 0 spiro atoms. The normalized spacial score (nSPS) is 23.9. The second-order valence-corrected chi connectivity index (χ2v) is 14.1. The summed E-state index contributed by atoms with van der Waals surface area (Å²) in [7, 11) is -0.806. The molecule has 4 atom stereocenters. The Morgan fingerprint density at radius 1 is 0.394 bits per heavy atom. The van der Waals surface area contributed by atoms with Crippen molar-refractivity contribution in [3.05, 3.63) is 121 Å². The zero-order chi connectivity index (χ0) is 22.0. The highest BCUT2D eigenvalue weighted by Crippen LogP contribution is 2.66. The van der Waals surface area contributed by atoms with Crippen molar-refractivity contribution in [2.45, 2.75) is 30.6 Å². The van der Waals surface area contributed by atoms with E-state index >= 15 is 0 Å². The van der Waals surface area contributed by atoms with E-state index in [0.29, 0.717) is 0 Å². The average Bonchev–Trinajstić information content (AvgIpc) is 3.50. The highest BCUT2D eigenvalue weighted by molar-refractivity contribution is 7.77. The molecule has 0 N–H and O–H groups in total. The summed E-state index contributed by atoms with van der Waals surface area (Å²) < 4.78 is 0. The van der Waals surface area contributed by atoms with Crippen molar-refractivity contribution in [1.82, 2.24) is 0 Å². The van der Waals surface area contributed by atoms with Gasteiger partial charge in [-0.25, -0.2) is 0 Å². The van der Waals surface area contributed by atoms with E-state index in [-0.39, 0.29) is 0 Å². The Morgan fingerprint density at radius 2 is 0.667 bits per heavy atom. The maximum absolute atomic E-state index is 2.40. The number of rotatable bonds is 6. The van der Waals surface area contributed by atoms with Gasteiger partial charge in [0.15, 0.2) is 0 Å². The monoisotopic (exact) mass is 464 g/mol. The van der Waals surface area contributed by atoms with Gasteiger partial charge in [-0.15, -0.1) is 0 Å². The SMILES string of the molecule is c1ccc(P(c2ccccc2)[C@H]2[C@H]3CC[C@@H](C3)[C@@H]2P(c2ccccc2)c2ccccc2)cc1.